The van der Waals surface area contributed by atoms with E-state index < -0.39 is 15.9 Å². The number of halogens is 1. The number of aryl methyl sites for hydroxylation is 1. The highest BCUT2D eigenvalue weighted by Crippen LogP contribution is 2.31. The summed E-state index contributed by atoms with van der Waals surface area (Å²) in [6, 6.07) is 21.6. The van der Waals surface area contributed by atoms with E-state index in [1.807, 2.05) is 6.92 Å². The number of phenolic OH excluding ortho intramolecular Hbond substituents is 1. The molecule has 13 heteroatoms. The first-order valence-electron chi connectivity index (χ1n) is 13.4. The summed E-state index contributed by atoms with van der Waals surface area (Å²) < 4.78 is 48.2. The summed E-state index contributed by atoms with van der Waals surface area (Å²) in [4.78, 5) is 21.4. The second-order valence-corrected chi connectivity index (χ2v) is 11.5. The number of amides is 1. The normalized spacial score (nSPS) is 11.2. The van der Waals surface area contributed by atoms with E-state index in [-0.39, 0.29) is 46.9 Å². The van der Waals surface area contributed by atoms with Crippen LogP contribution in [-0.4, -0.2) is 43.1 Å². The highest BCUT2D eigenvalue weighted by atomic mass is 32.2. The van der Waals surface area contributed by atoms with Gasteiger partial charge in [-0.15, -0.1) is 0 Å². The maximum atomic E-state index is 13.5. The van der Waals surface area contributed by atoms with Gasteiger partial charge < -0.3 is 25.8 Å². The highest BCUT2D eigenvalue weighted by molar-refractivity contribution is 7.92. The van der Waals surface area contributed by atoms with Crippen molar-refractivity contribution < 1.29 is 27.4 Å². The van der Waals surface area contributed by atoms with Gasteiger partial charge in [0.1, 0.15) is 17.3 Å². The minimum absolute atomic E-state index is 0.0686. The summed E-state index contributed by atoms with van der Waals surface area (Å²) in [5.41, 5.74) is 3.22. The first-order chi connectivity index (χ1) is 21.1. The lowest BCUT2D eigenvalue weighted by Gasteiger charge is -2.15. The summed E-state index contributed by atoms with van der Waals surface area (Å²) in [5.74, 6) is -0.459. The number of fused-ring (bicyclic) bond motifs is 1. The Hall–Kier alpha value is -5.27. The number of hydrogen-bond donors (Lipinski definition) is 5. The number of para-hydroxylation sites is 2. The van der Waals surface area contributed by atoms with E-state index >= 15 is 0 Å². The maximum Gasteiger partial charge on any atom is 0.263 e. The fourth-order valence-electron chi connectivity index (χ4n) is 4.34. The number of phenols is 1. The second-order valence-electron chi connectivity index (χ2n) is 9.81. The van der Waals surface area contributed by atoms with E-state index in [9.17, 15) is 22.7 Å². The molecule has 0 bridgehead atoms. The van der Waals surface area contributed by atoms with E-state index in [2.05, 4.69) is 30.6 Å². The molecule has 0 aliphatic carbocycles. The van der Waals surface area contributed by atoms with Crippen molar-refractivity contribution in [2.45, 2.75) is 18.4 Å². The predicted molar refractivity (Wildman–Crippen MR) is 166 cm³/mol. The Labute approximate surface area is 253 Å². The molecule has 0 atom stereocenters. The number of anilines is 4. The molecule has 0 spiro atoms. The van der Waals surface area contributed by atoms with Crippen LogP contribution in [0.4, 0.5) is 27.4 Å². The molecule has 1 heterocycles. The zero-order chi connectivity index (χ0) is 31.3. The van der Waals surface area contributed by atoms with E-state index in [4.69, 9.17) is 4.74 Å². The molecule has 5 rings (SSSR count). The summed E-state index contributed by atoms with van der Waals surface area (Å²) in [5, 5.41) is 18.7. The number of rotatable bonds is 11. The number of aromatic hydroxyl groups is 1. The van der Waals surface area contributed by atoms with E-state index in [0.717, 1.165) is 11.1 Å². The highest BCUT2D eigenvalue weighted by Gasteiger charge is 2.20. The summed E-state index contributed by atoms with van der Waals surface area (Å²) in [7, 11) is -2.75. The molecule has 5 N–H and O–H groups in total. The summed E-state index contributed by atoms with van der Waals surface area (Å²) in [6.45, 7) is 2.06. The molecule has 0 aliphatic heterocycles. The monoisotopic (exact) mass is 616 g/mol. The van der Waals surface area contributed by atoms with Crippen molar-refractivity contribution >= 4 is 50.0 Å². The third-order valence-electron chi connectivity index (χ3n) is 6.53. The number of nitrogens with one attached hydrogen (secondary N) is 4. The first kappa shape index (κ1) is 30.2. The van der Waals surface area contributed by atoms with Crippen molar-refractivity contribution in [1.29, 1.82) is 0 Å². The van der Waals surface area contributed by atoms with Crippen LogP contribution < -0.4 is 25.4 Å². The van der Waals surface area contributed by atoms with Crippen LogP contribution in [0.3, 0.4) is 0 Å². The second kappa shape index (κ2) is 12.9. The molecule has 1 aromatic heterocycles. The van der Waals surface area contributed by atoms with Crippen molar-refractivity contribution in [3.8, 4) is 11.5 Å². The topological polar surface area (TPSA) is 155 Å². The van der Waals surface area contributed by atoms with Gasteiger partial charge in [0.25, 0.3) is 10.0 Å². The van der Waals surface area contributed by atoms with Crippen molar-refractivity contribution in [3.63, 3.8) is 0 Å². The molecule has 0 fully saturated rings. The first-order valence-corrected chi connectivity index (χ1v) is 14.9. The lowest BCUT2D eigenvalue weighted by atomic mass is 10.1. The Bertz CT molecular complexity index is 1950. The molecule has 0 radical (unpaired) electrons. The lowest BCUT2D eigenvalue weighted by molar-refractivity contribution is -0.115. The summed E-state index contributed by atoms with van der Waals surface area (Å²) >= 11 is 0. The van der Waals surface area contributed by atoms with Gasteiger partial charge in [-0.2, -0.15) is 0 Å². The lowest BCUT2D eigenvalue weighted by Crippen LogP contribution is -2.28. The number of carbonyl (C=O) groups excluding carboxylic acids is 1. The smallest absolute Gasteiger partial charge is 0.263 e. The Morgan fingerprint density at radius 3 is 2.41 bits per heavy atom. The number of nitrogens with zero attached hydrogens (tertiary/aromatic N) is 2. The number of sulfonamides is 1. The quantitative estimate of drug-likeness (QED) is 0.137. The van der Waals surface area contributed by atoms with Crippen LogP contribution in [0.1, 0.15) is 11.1 Å². The van der Waals surface area contributed by atoms with Crippen LogP contribution in [0.25, 0.3) is 11.0 Å². The van der Waals surface area contributed by atoms with Crippen LogP contribution in [-0.2, 0) is 21.4 Å². The van der Waals surface area contributed by atoms with E-state index in [1.54, 1.807) is 42.5 Å². The van der Waals surface area contributed by atoms with Crippen molar-refractivity contribution in [2.75, 3.05) is 29.0 Å². The predicted octanol–water partition coefficient (Wildman–Crippen LogP) is 5.06. The molecule has 11 nitrogen and oxygen atoms in total. The minimum atomic E-state index is -4.21. The number of carbonyl (C=O) groups is 1. The SMILES string of the molecule is COc1cc(O)cc(Nc2nc3ccccc3nc2NS(=O)(=O)c2cccc(NC(=O)CNCc3cc(F)ccc3C)c2)c1. The van der Waals surface area contributed by atoms with Gasteiger partial charge in [-0.05, 0) is 60.5 Å². The van der Waals surface area contributed by atoms with Crippen LogP contribution in [0.15, 0.2) is 89.8 Å². The molecular formula is C31H29FN6O5S. The minimum Gasteiger partial charge on any atom is -0.508 e. The van der Waals surface area contributed by atoms with Crippen molar-refractivity contribution in [1.82, 2.24) is 15.3 Å². The molecule has 0 saturated carbocycles. The van der Waals surface area contributed by atoms with E-state index in [0.29, 0.717) is 22.5 Å². The Morgan fingerprint density at radius 1 is 0.909 bits per heavy atom. The van der Waals surface area contributed by atoms with Gasteiger partial charge in [0, 0.05) is 36.1 Å². The standard InChI is InChI=1S/C31H29FN6O5S/c1-19-10-11-21(32)12-20(19)17-33-18-29(40)34-22-6-5-7-26(15-22)44(41,42)38-31-30(36-27-8-3-4-9-28(27)37-31)35-23-13-24(39)16-25(14-23)43-2/h3-16,33,39H,17-18H2,1-2H3,(H,34,40)(H,35,36)(H,37,38). The molecular weight excluding hydrogens is 587 g/mol. The van der Waals surface area contributed by atoms with Crippen LogP contribution in [0.2, 0.25) is 0 Å². The van der Waals surface area contributed by atoms with Gasteiger partial charge >= 0.3 is 0 Å². The number of methoxy groups -OCH3 is 1. The molecule has 44 heavy (non-hydrogen) atoms. The molecule has 226 valence electrons. The number of benzene rings is 4. The van der Waals surface area contributed by atoms with Crippen LogP contribution >= 0.6 is 0 Å². The largest absolute Gasteiger partial charge is 0.508 e. The third-order valence-corrected chi connectivity index (χ3v) is 7.87. The number of aromatic nitrogens is 2. The molecule has 0 unspecified atom stereocenters. The molecule has 0 aliphatic rings. The van der Waals surface area contributed by atoms with Gasteiger partial charge in [0.05, 0.1) is 29.6 Å². The number of ether oxygens (including phenoxy) is 1. The average molecular weight is 617 g/mol. The van der Waals surface area contributed by atoms with Crippen LogP contribution in [0, 0.1) is 12.7 Å². The van der Waals surface area contributed by atoms with Crippen LogP contribution in [0.5, 0.6) is 11.5 Å². The fraction of sp³-hybridized carbons (Fsp3) is 0.129. The van der Waals surface area contributed by atoms with Gasteiger partial charge in [-0.1, -0.05) is 24.3 Å². The molecule has 1 amide bonds. The summed E-state index contributed by atoms with van der Waals surface area (Å²) in [6.07, 6.45) is 0. The maximum absolute atomic E-state index is 13.5. The zero-order valence-corrected chi connectivity index (χ0v) is 24.6. The average Bonchev–Trinajstić information content (AvgIpc) is 2.99. The fourth-order valence-corrected chi connectivity index (χ4v) is 5.40. The Balaban J connectivity index is 1.34. The van der Waals surface area contributed by atoms with Crippen molar-refractivity contribution in [3.05, 3.63) is 102 Å². The molecule has 4 aromatic carbocycles. The van der Waals surface area contributed by atoms with Crippen molar-refractivity contribution in [2.24, 2.45) is 0 Å². The van der Waals surface area contributed by atoms with E-state index in [1.165, 1.54) is 49.6 Å². The third kappa shape index (κ3) is 7.38. The Kier molecular flexibility index (Phi) is 8.88. The number of hydrogen-bond acceptors (Lipinski definition) is 9. The Morgan fingerprint density at radius 2 is 1.66 bits per heavy atom. The van der Waals surface area contributed by atoms with Gasteiger partial charge in [-0.25, -0.2) is 22.8 Å². The molecule has 0 saturated heterocycles. The zero-order valence-electron chi connectivity index (χ0n) is 23.8. The molecule has 5 aromatic rings. The van der Waals surface area contributed by atoms with Gasteiger partial charge in [0.2, 0.25) is 5.91 Å². The van der Waals surface area contributed by atoms with Gasteiger partial charge in [-0.3, -0.25) is 9.52 Å². The van der Waals surface area contributed by atoms with Gasteiger partial charge in [0.15, 0.2) is 11.6 Å².